The van der Waals surface area contributed by atoms with E-state index >= 15 is 0 Å². The van der Waals surface area contributed by atoms with Crippen LogP contribution in [0.25, 0.3) is 0 Å². The highest BCUT2D eigenvalue weighted by molar-refractivity contribution is 5.64. The zero-order valence-electron chi connectivity index (χ0n) is 8.36. The summed E-state index contributed by atoms with van der Waals surface area (Å²) in [5.41, 5.74) is 0. The van der Waals surface area contributed by atoms with E-state index in [1.165, 1.54) is 4.90 Å². The summed E-state index contributed by atoms with van der Waals surface area (Å²) >= 11 is 0. The first-order valence-electron chi connectivity index (χ1n) is 4.83. The number of amides is 1. The predicted octanol–water partition coefficient (Wildman–Crippen LogP) is 1.08. The van der Waals surface area contributed by atoms with Crippen molar-refractivity contribution in [3.8, 4) is 0 Å². The molecular formula is C9H18N2O2. The van der Waals surface area contributed by atoms with Crippen LogP contribution in [-0.4, -0.2) is 53.7 Å². The van der Waals surface area contributed by atoms with Gasteiger partial charge < -0.3 is 14.9 Å². The van der Waals surface area contributed by atoms with Gasteiger partial charge in [-0.3, -0.25) is 0 Å². The van der Waals surface area contributed by atoms with E-state index in [0.29, 0.717) is 0 Å². The molecule has 0 aromatic carbocycles. The van der Waals surface area contributed by atoms with Crippen molar-refractivity contribution in [3.63, 3.8) is 0 Å². The molecule has 4 heteroatoms. The van der Waals surface area contributed by atoms with Gasteiger partial charge in [0.1, 0.15) is 0 Å². The second-order valence-electron chi connectivity index (χ2n) is 3.56. The molecule has 0 aromatic rings. The largest absolute Gasteiger partial charge is 0.465 e. The maximum Gasteiger partial charge on any atom is 0.407 e. The van der Waals surface area contributed by atoms with Crippen molar-refractivity contribution in [2.45, 2.75) is 25.8 Å². The minimum absolute atomic E-state index is 0.222. The molecular weight excluding hydrogens is 168 g/mol. The van der Waals surface area contributed by atoms with E-state index in [9.17, 15) is 4.79 Å². The molecule has 1 heterocycles. The highest BCUT2D eigenvalue weighted by atomic mass is 16.4. The monoisotopic (exact) mass is 186 g/mol. The Morgan fingerprint density at radius 3 is 2.46 bits per heavy atom. The summed E-state index contributed by atoms with van der Waals surface area (Å²) in [5.74, 6) is 0. The SMILES string of the molecule is CCN1CCC(N(C)C(=O)O)CC1. The van der Waals surface area contributed by atoms with Crippen LogP contribution < -0.4 is 0 Å². The third-order valence-corrected chi connectivity index (χ3v) is 2.85. The molecule has 0 bridgehead atoms. The van der Waals surface area contributed by atoms with Crippen molar-refractivity contribution >= 4 is 6.09 Å². The van der Waals surface area contributed by atoms with Crippen LogP contribution in [0.15, 0.2) is 0 Å². The molecule has 13 heavy (non-hydrogen) atoms. The Kier molecular flexibility index (Phi) is 3.54. The van der Waals surface area contributed by atoms with Gasteiger partial charge in [0.25, 0.3) is 0 Å². The number of carboxylic acid groups (broad SMARTS) is 1. The van der Waals surface area contributed by atoms with Crippen molar-refractivity contribution in [1.82, 2.24) is 9.80 Å². The average molecular weight is 186 g/mol. The molecule has 1 amide bonds. The average Bonchev–Trinajstić information content (AvgIpc) is 2.17. The number of hydrogen-bond donors (Lipinski definition) is 1. The van der Waals surface area contributed by atoms with Gasteiger partial charge in [-0.2, -0.15) is 0 Å². The van der Waals surface area contributed by atoms with Gasteiger partial charge in [-0.15, -0.1) is 0 Å². The first kappa shape index (κ1) is 10.3. The molecule has 1 N–H and O–H groups in total. The molecule has 0 spiro atoms. The summed E-state index contributed by atoms with van der Waals surface area (Å²) in [6.45, 7) is 5.27. The molecule has 1 saturated heterocycles. The Hall–Kier alpha value is -0.770. The van der Waals surface area contributed by atoms with Crippen LogP contribution in [0.5, 0.6) is 0 Å². The lowest BCUT2D eigenvalue weighted by molar-refractivity contribution is 0.107. The quantitative estimate of drug-likeness (QED) is 0.701. The summed E-state index contributed by atoms with van der Waals surface area (Å²) in [4.78, 5) is 14.5. The smallest absolute Gasteiger partial charge is 0.407 e. The zero-order chi connectivity index (χ0) is 9.84. The maximum absolute atomic E-state index is 10.7. The van der Waals surface area contributed by atoms with Crippen LogP contribution in [0.3, 0.4) is 0 Å². The van der Waals surface area contributed by atoms with Crippen molar-refractivity contribution in [1.29, 1.82) is 0 Å². The fourth-order valence-corrected chi connectivity index (χ4v) is 1.78. The zero-order valence-corrected chi connectivity index (χ0v) is 8.36. The summed E-state index contributed by atoms with van der Waals surface area (Å²) in [7, 11) is 1.66. The Bertz CT molecular complexity index is 176. The van der Waals surface area contributed by atoms with E-state index in [0.717, 1.165) is 32.5 Å². The van der Waals surface area contributed by atoms with E-state index in [-0.39, 0.29) is 6.04 Å². The molecule has 0 aromatic heterocycles. The molecule has 1 aliphatic heterocycles. The lowest BCUT2D eigenvalue weighted by Crippen LogP contribution is -2.45. The Balaban J connectivity index is 2.36. The van der Waals surface area contributed by atoms with E-state index in [2.05, 4.69) is 11.8 Å². The fraction of sp³-hybridized carbons (Fsp3) is 0.889. The van der Waals surface area contributed by atoms with Gasteiger partial charge in [0.05, 0.1) is 0 Å². The summed E-state index contributed by atoms with van der Waals surface area (Å²) < 4.78 is 0. The first-order valence-corrected chi connectivity index (χ1v) is 4.83. The minimum Gasteiger partial charge on any atom is -0.465 e. The van der Waals surface area contributed by atoms with E-state index in [4.69, 9.17) is 5.11 Å². The van der Waals surface area contributed by atoms with Crippen LogP contribution in [-0.2, 0) is 0 Å². The maximum atomic E-state index is 10.7. The topological polar surface area (TPSA) is 43.8 Å². The third-order valence-electron chi connectivity index (χ3n) is 2.85. The van der Waals surface area contributed by atoms with Crippen LogP contribution in [0.1, 0.15) is 19.8 Å². The Morgan fingerprint density at radius 1 is 1.54 bits per heavy atom. The second-order valence-corrected chi connectivity index (χ2v) is 3.56. The van der Waals surface area contributed by atoms with E-state index in [1.54, 1.807) is 7.05 Å². The first-order chi connectivity index (χ1) is 6.15. The predicted molar refractivity (Wildman–Crippen MR) is 50.9 cm³/mol. The van der Waals surface area contributed by atoms with Crippen molar-refractivity contribution < 1.29 is 9.90 Å². The fourth-order valence-electron chi connectivity index (χ4n) is 1.78. The van der Waals surface area contributed by atoms with Gasteiger partial charge in [0, 0.05) is 26.2 Å². The molecule has 0 atom stereocenters. The minimum atomic E-state index is -0.810. The van der Waals surface area contributed by atoms with Crippen LogP contribution in [0.4, 0.5) is 4.79 Å². The second kappa shape index (κ2) is 4.46. The van der Waals surface area contributed by atoms with Crippen molar-refractivity contribution in [2.75, 3.05) is 26.7 Å². The lowest BCUT2D eigenvalue weighted by atomic mass is 10.0. The summed E-state index contributed by atoms with van der Waals surface area (Å²) in [5, 5.41) is 8.77. The highest BCUT2D eigenvalue weighted by Gasteiger charge is 2.23. The van der Waals surface area contributed by atoms with Gasteiger partial charge in [0.15, 0.2) is 0 Å². The third kappa shape index (κ3) is 2.59. The molecule has 0 saturated carbocycles. The number of rotatable bonds is 2. The highest BCUT2D eigenvalue weighted by Crippen LogP contribution is 2.14. The molecule has 76 valence electrons. The van der Waals surface area contributed by atoms with E-state index < -0.39 is 6.09 Å². The van der Waals surface area contributed by atoms with Crippen molar-refractivity contribution in [2.24, 2.45) is 0 Å². The van der Waals surface area contributed by atoms with Gasteiger partial charge >= 0.3 is 6.09 Å². The molecule has 0 aliphatic carbocycles. The summed E-state index contributed by atoms with van der Waals surface area (Å²) in [6.07, 6.45) is 1.13. The van der Waals surface area contributed by atoms with Gasteiger partial charge in [-0.25, -0.2) is 4.79 Å². The Labute approximate surface area is 79.1 Å². The van der Waals surface area contributed by atoms with Crippen LogP contribution >= 0.6 is 0 Å². The number of nitrogens with zero attached hydrogens (tertiary/aromatic N) is 2. The van der Waals surface area contributed by atoms with Crippen molar-refractivity contribution in [3.05, 3.63) is 0 Å². The molecule has 0 radical (unpaired) electrons. The van der Waals surface area contributed by atoms with Gasteiger partial charge in [-0.05, 0) is 19.4 Å². The Morgan fingerprint density at radius 2 is 2.08 bits per heavy atom. The number of piperidine rings is 1. The lowest BCUT2D eigenvalue weighted by Gasteiger charge is -2.34. The number of hydrogen-bond acceptors (Lipinski definition) is 2. The van der Waals surface area contributed by atoms with Gasteiger partial charge in [0.2, 0.25) is 0 Å². The molecule has 0 unspecified atom stereocenters. The molecule has 1 fully saturated rings. The normalized spacial score (nSPS) is 20.2. The summed E-state index contributed by atoms with van der Waals surface area (Å²) in [6, 6.07) is 0.222. The van der Waals surface area contributed by atoms with Gasteiger partial charge in [-0.1, -0.05) is 6.92 Å². The number of carbonyl (C=O) groups is 1. The molecule has 1 rings (SSSR count). The molecule has 4 nitrogen and oxygen atoms in total. The van der Waals surface area contributed by atoms with E-state index in [1.807, 2.05) is 0 Å². The number of likely N-dealkylation sites (tertiary alicyclic amines) is 1. The van der Waals surface area contributed by atoms with Crippen LogP contribution in [0.2, 0.25) is 0 Å². The molecule has 1 aliphatic rings. The van der Waals surface area contributed by atoms with Crippen LogP contribution in [0, 0.1) is 0 Å². The standard InChI is InChI=1S/C9H18N2O2/c1-3-11-6-4-8(5-7-11)10(2)9(12)13/h8H,3-7H2,1-2H3,(H,12,13).